The van der Waals surface area contributed by atoms with E-state index < -0.39 is 20.6 Å². The molecule has 11 nitrogen and oxygen atoms in total. The molecule has 1 amide bonds. The largest absolute Gasteiger partial charge is 0.379 e. The molecule has 3 aromatic rings. The first kappa shape index (κ1) is 22.9. The Morgan fingerprint density at radius 2 is 1.94 bits per heavy atom. The van der Waals surface area contributed by atoms with Crippen LogP contribution >= 0.6 is 0 Å². The van der Waals surface area contributed by atoms with Gasteiger partial charge in [-0.25, -0.2) is 18.5 Å². The number of hydrogen-bond donors (Lipinski definition) is 3. The third-order valence-corrected chi connectivity index (χ3v) is 5.58. The molecule has 0 saturated carbocycles. The average molecular weight is 459 g/mol. The van der Waals surface area contributed by atoms with Gasteiger partial charge in [-0.3, -0.25) is 14.9 Å². The summed E-state index contributed by atoms with van der Waals surface area (Å²) < 4.78 is 24.7. The monoisotopic (exact) mass is 458 g/mol. The van der Waals surface area contributed by atoms with E-state index in [-0.39, 0.29) is 29.5 Å². The third-order valence-electron chi connectivity index (χ3n) is 4.67. The van der Waals surface area contributed by atoms with Crippen molar-refractivity contribution in [3.63, 3.8) is 0 Å². The van der Waals surface area contributed by atoms with E-state index in [0.717, 1.165) is 17.2 Å². The van der Waals surface area contributed by atoms with Crippen molar-refractivity contribution in [1.29, 1.82) is 0 Å². The lowest BCUT2D eigenvalue weighted by molar-refractivity contribution is -0.384. The van der Waals surface area contributed by atoms with Crippen molar-refractivity contribution in [1.82, 2.24) is 14.9 Å². The Bertz CT molecular complexity index is 1210. The summed E-state index contributed by atoms with van der Waals surface area (Å²) in [6, 6.07) is 11.0. The lowest BCUT2D eigenvalue weighted by Crippen LogP contribution is -2.25. The van der Waals surface area contributed by atoms with E-state index in [0.29, 0.717) is 13.1 Å². The van der Waals surface area contributed by atoms with Crippen LogP contribution in [0.5, 0.6) is 0 Å². The molecule has 0 unspecified atom stereocenters. The molecule has 1 aromatic heterocycles. The number of benzene rings is 2. The Morgan fingerprint density at radius 3 is 2.59 bits per heavy atom. The van der Waals surface area contributed by atoms with Gasteiger partial charge in [-0.15, -0.1) is 0 Å². The molecule has 0 aliphatic rings. The summed E-state index contributed by atoms with van der Waals surface area (Å²) in [5.41, 5.74) is 1.68. The molecule has 32 heavy (non-hydrogen) atoms. The predicted molar refractivity (Wildman–Crippen MR) is 117 cm³/mol. The van der Waals surface area contributed by atoms with Crippen LogP contribution in [-0.2, 0) is 27.9 Å². The molecule has 0 bridgehead atoms. The van der Waals surface area contributed by atoms with Gasteiger partial charge in [0.05, 0.1) is 16.1 Å². The molecule has 168 valence electrons. The number of carbonyl (C=O) groups is 1. The number of nitrogens with two attached hydrogens (primary N) is 1. The SMILES string of the molecule is NS(=O)(=O)c1ccc(NCCC(=O)NCc2ccccc2Cn2ccnc2)c([N+](=O)[O-])c1. The number of hydrogen-bond acceptors (Lipinski definition) is 7. The summed E-state index contributed by atoms with van der Waals surface area (Å²) in [5, 5.41) is 21.9. The van der Waals surface area contributed by atoms with Gasteiger partial charge >= 0.3 is 0 Å². The lowest BCUT2D eigenvalue weighted by Gasteiger charge is -2.12. The van der Waals surface area contributed by atoms with E-state index in [1.807, 2.05) is 35.0 Å². The Balaban J connectivity index is 1.55. The molecule has 0 atom stereocenters. The van der Waals surface area contributed by atoms with Crippen LogP contribution < -0.4 is 15.8 Å². The fraction of sp³-hybridized carbons (Fsp3) is 0.200. The van der Waals surface area contributed by atoms with E-state index in [1.54, 1.807) is 12.5 Å². The normalized spacial score (nSPS) is 11.2. The molecule has 2 aromatic carbocycles. The number of nitro groups is 1. The highest BCUT2D eigenvalue weighted by Gasteiger charge is 2.19. The summed E-state index contributed by atoms with van der Waals surface area (Å²) >= 11 is 0. The molecule has 0 spiro atoms. The zero-order chi connectivity index (χ0) is 23.1. The topological polar surface area (TPSA) is 162 Å². The van der Waals surface area contributed by atoms with Crippen LogP contribution in [0.1, 0.15) is 17.5 Å². The number of nitrogens with zero attached hydrogens (tertiary/aromatic N) is 3. The molecule has 0 radical (unpaired) electrons. The number of imidazole rings is 1. The number of anilines is 1. The molecule has 0 fully saturated rings. The maximum Gasteiger partial charge on any atom is 0.293 e. The van der Waals surface area contributed by atoms with Gasteiger partial charge in [0.1, 0.15) is 5.69 Å². The molecule has 4 N–H and O–H groups in total. The van der Waals surface area contributed by atoms with Crippen molar-refractivity contribution in [3.8, 4) is 0 Å². The summed E-state index contributed by atoms with van der Waals surface area (Å²) in [5.74, 6) is -0.237. The number of rotatable bonds is 10. The average Bonchev–Trinajstić information content (AvgIpc) is 3.25. The van der Waals surface area contributed by atoms with Crippen LogP contribution in [0.4, 0.5) is 11.4 Å². The van der Waals surface area contributed by atoms with Gasteiger partial charge in [0.15, 0.2) is 0 Å². The van der Waals surface area contributed by atoms with E-state index in [4.69, 9.17) is 5.14 Å². The Kier molecular flexibility index (Phi) is 7.18. The van der Waals surface area contributed by atoms with E-state index in [1.165, 1.54) is 12.1 Å². The molecule has 0 saturated heterocycles. The van der Waals surface area contributed by atoms with E-state index in [2.05, 4.69) is 15.6 Å². The number of sulfonamides is 1. The quantitative estimate of drug-likeness (QED) is 0.307. The molecule has 0 aliphatic carbocycles. The van der Waals surface area contributed by atoms with Crippen LogP contribution in [0.15, 0.2) is 66.1 Å². The van der Waals surface area contributed by atoms with Crippen molar-refractivity contribution < 1.29 is 18.1 Å². The summed E-state index contributed by atoms with van der Waals surface area (Å²) in [6.07, 6.45) is 5.34. The number of amides is 1. The highest BCUT2D eigenvalue weighted by molar-refractivity contribution is 7.89. The van der Waals surface area contributed by atoms with Crippen molar-refractivity contribution >= 4 is 27.3 Å². The standard InChI is InChI=1S/C20H22N6O5S/c21-32(30,31)17-5-6-18(19(11-17)26(28)29)23-8-7-20(27)24-12-15-3-1-2-4-16(15)13-25-10-9-22-14-25/h1-6,9-11,14,23H,7-8,12-13H2,(H,24,27)(H2,21,30,31). The van der Waals surface area contributed by atoms with E-state index >= 15 is 0 Å². The molecular formula is C20H22N6O5S. The van der Waals surface area contributed by atoms with Gasteiger partial charge in [0.25, 0.3) is 5.69 Å². The summed E-state index contributed by atoms with van der Waals surface area (Å²) in [4.78, 5) is 26.4. The fourth-order valence-corrected chi connectivity index (χ4v) is 3.58. The Labute approximate surface area is 184 Å². The second-order valence-electron chi connectivity index (χ2n) is 6.94. The lowest BCUT2D eigenvalue weighted by atomic mass is 10.1. The molecule has 1 heterocycles. The van der Waals surface area contributed by atoms with Crippen molar-refractivity contribution in [2.45, 2.75) is 24.4 Å². The second kappa shape index (κ2) is 10.0. The number of nitro benzene ring substituents is 1. The van der Waals surface area contributed by atoms with E-state index in [9.17, 15) is 23.3 Å². The first-order chi connectivity index (χ1) is 15.2. The van der Waals surface area contributed by atoms with Gasteiger partial charge in [-0.1, -0.05) is 24.3 Å². The van der Waals surface area contributed by atoms with Gasteiger partial charge in [0.2, 0.25) is 15.9 Å². The molecule has 12 heteroatoms. The minimum Gasteiger partial charge on any atom is -0.379 e. The van der Waals surface area contributed by atoms with Crippen molar-refractivity contribution in [3.05, 3.63) is 82.4 Å². The maximum absolute atomic E-state index is 12.2. The molecule has 3 rings (SSSR count). The summed E-state index contributed by atoms with van der Waals surface area (Å²) in [7, 11) is -4.06. The zero-order valence-electron chi connectivity index (χ0n) is 17.0. The van der Waals surface area contributed by atoms with Crippen LogP contribution in [0.2, 0.25) is 0 Å². The first-order valence-corrected chi connectivity index (χ1v) is 11.1. The number of primary sulfonamides is 1. The third kappa shape index (κ3) is 6.12. The minimum absolute atomic E-state index is 0.0672. The number of aromatic nitrogens is 2. The minimum atomic E-state index is -4.06. The second-order valence-corrected chi connectivity index (χ2v) is 8.50. The molecule has 0 aliphatic heterocycles. The van der Waals surface area contributed by atoms with Gasteiger partial charge in [-0.05, 0) is 23.3 Å². The predicted octanol–water partition coefficient (Wildman–Crippen LogP) is 1.61. The Hall–Kier alpha value is -3.77. The highest BCUT2D eigenvalue weighted by atomic mass is 32.2. The fourth-order valence-electron chi connectivity index (χ4n) is 3.04. The van der Waals surface area contributed by atoms with Crippen LogP contribution in [0.25, 0.3) is 0 Å². The molecular weight excluding hydrogens is 436 g/mol. The van der Waals surface area contributed by atoms with Crippen LogP contribution in [-0.4, -0.2) is 35.3 Å². The smallest absolute Gasteiger partial charge is 0.293 e. The first-order valence-electron chi connectivity index (χ1n) is 9.58. The van der Waals surface area contributed by atoms with Crippen molar-refractivity contribution in [2.24, 2.45) is 5.14 Å². The summed E-state index contributed by atoms with van der Waals surface area (Å²) in [6.45, 7) is 1.09. The van der Waals surface area contributed by atoms with Gasteiger partial charge in [-0.2, -0.15) is 0 Å². The number of carbonyl (C=O) groups excluding carboxylic acids is 1. The van der Waals surface area contributed by atoms with Gasteiger partial charge < -0.3 is 15.2 Å². The van der Waals surface area contributed by atoms with Gasteiger partial charge in [0, 0.05) is 44.5 Å². The van der Waals surface area contributed by atoms with Crippen molar-refractivity contribution in [2.75, 3.05) is 11.9 Å². The number of nitrogens with one attached hydrogen (secondary N) is 2. The Morgan fingerprint density at radius 1 is 1.19 bits per heavy atom. The highest BCUT2D eigenvalue weighted by Crippen LogP contribution is 2.27. The maximum atomic E-state index is 12.2. The van der Waals surface area contributed by atoms with Crippen LogP contribution in [0, 0.1) is 10.1 Å². The zero-order valence-corrected chi connectivity index (χ0v) is 17.8. The van der Waals surface area contributed by atoms with Crippen LogP contribution in [0.3, 0.4) is 0 Å².